The number of carbonyl (C=O) groups excluding carboxylic acids is 1. The molecule has 1 atom stereocenters. The van der Waals surface area contributed by atoms with Crippen molar-refractivity contribution in [1.82, 2.24) is 0 Å². The average Bonchev–Trinajstić information content (AvgIpc) is 2.54. The molecule has 0 saturated heterocycles. The van der Waals surface area contributed by atoms with E-state index in [0.717, 1.165) is 5.56 Å². The van der Waals surface area contributed by atoms with Crippen molar-refractivity contribution in [2.75, 3.05) is 6.61 Å². The van der Waals surface area contributed by atoms with Gasteiger partial charge in [0.15, 0.2) is 0 Å². The molecule has 0 aliphatic rings. The van der Waals surface area contributed by atoms with Crippen molar-refractivity contribution in [3.8, 4) is 5.75 Å². The molecule has 1 N–H and O–H groups in total. The zero-order valence-electron chi connectivity index (χ0n) is 13.3. The molecule has 2 rings (SSSR count). The van der Waals surface area contributed by atoms with Crippen LogP contribution in [0.1, 0.15) is 18.1 Å². The fourth-order valence-corrected chi connectivity index (χ4v) is 3.73. The van der Waals surface area contributed by atoms with E-state index in [1.54, 1.807) is 30.3 Å². The van der Waals surface area contributed by atoms with Crippen LogP contribution in [-0.2, 0) is 10.1 Å². The van der Waals surface area contributed by atoms with Crippen molar-refractivity contribution in [3.63, 3.8) is 0 Å². The Morgan fingerprint density at radius 3 is 2.32 bits per heavy atom. The fraction of sp³-hybridized carbons (Fsp3) is 0.222. The number of ketones is 1. The Labute approximate surface area is 169 Å². The number of benzene rings is 2. The van der Waals surface area contributed by atoms with Crippen LogP contribution in [0.4, 0.5) is 0 Å². The number of carbonyl (C=O) groups is 1. The summed E-state index contributed by atoms with van der Waals surface area (Å²) in [5.41, 5.74) is 1.32. The Morgan fingerprint density at radius 2 is 1.80 bits per heavy atom. The van der Waals surface area contributed by atoms with E-state index in [-0.39, 0.29) is 18.1 Å². The van der Waals surface area contributed by atoms with Crippen LogP contribution in [0.15, 0.2) is 36.4 Å². The molecule has 0 amide bonds. The molecule has 0 bridgehead atoms. The van der Waals surface area contributed by atoms with Crippen LogP contribution in [-0.4, -0.2) is 18.1 Å². The van der Waals surface area contributed by atoms with Gasteiger partial charge in [-0.15, -0.1) is 0 Å². The minimum absolute atomic E-state index is 0.000291. The van der Waals surface area contributed by atoms with Gasteiger partial charge in [0.05, 0.1) is 21.7 Å². The first-order valence-electron chi connectivity index (χ1n) is 7.35. The summed E-state index contributed by atoms with van der Waals surface area (Å²) in [6.07, 6.45) is 0. The third-order valence-electron chi connectivity index (χ3n) is 3.66. The highest BCUT2D eigenvalue weighted by atomic mass is 79.9. The van der Waals surface area contributed by atoms with Gasteiger partial charge in [0, 0.05) is 15.9 Å². The lowest BCUT2D eigenvalue weighted by Crippen LogP contribution is -2.29. The summed E-state index contributed by atoms with van der Waals surface area (Å²) < 4.78 is 5.68. The summed E-state index contributed by atoms with van der Waals surface area (Å²) in [7, 11) is 0. The number of Topliss-reactive ketones (excluding diaryl/α,β-unsaturated/α-hetero) is 1. The topological polar surface area (TPSA) is 50.2 Å². The van der Waals surface area contributed by atoms with Gasteiger partial charge < -0.3 is 10.1 Å². The van der Waals surface area contributed by atoms with Gasteiger partial charge in [-0.25, -0.2) is 0 Å². The van der Waals surface area contributed by atoms with E-state index in [1.807, 2.05) is 6.07 Å². The molecule has 0 spiro atoms. The SMILES string of the molecule is CC(=O)C(COc1ccc(CBr)c(Cl)c1)C(=N)c1c(Cl)cccc1Cl. The van der Waals surface area contributed by atoms with Gasteiger partial charge in [0.25, 0.3) is 0 Å². The number of ether oxygens (including phenoxy) is 1. The normalized spacial score (nSPS) is 11.9. The summed E-state index contributed by atoms with van der Waals surface area (Å²) in [5, 5.41) is 10.2. The predicted molar refractivity (Wildman–Crippen MR) is 107 cm³/mol. The van der Waals surface area contributed by atoms with Crippen LogP contribution in [0.25, 0.3) is 0 Å². The number of halogens is 4. The molecule has 2 aromatic carbocycles. The lowest BCUT2D eigenvalue weighted by molar-refractivity contribution is -0.119. The van der Waals surface area contributed by atoms with Crippen LogP contribution in [0.2, 0.25) is 15.1 Å². The summed E-state index contributed by atoms with van der Waals surface area (Å²) in [5.74, 6) is -0.463. The fourth-order valence-electron chi connectivity index (χ4n) is 2.24. The lowest BCUT2D eigenvalue weighted by Gasteiger charge is -2.18. The maximum Gasteiger partial charge on any atom is 0.142 e. The summed E-state index contributed by atoms with van der Waals surface area (Å²) >= 11 is 21.8. The van der Waals surface area contributed by atoms with Crippen molar-refractivity contribution in [2.45, 2.75) is 12.3 Å². The summed E-state index contributed by atoms with van der Waals surface area (Å²) in [4.78, 5) is 12.0. The van der Waals surface area contributed by atoms with Crippen LogP contribution in [0.5, 0.6) is 5.75 Å². The van der Waals surface area contributed by atoms with Gasteiger partial charge in [0.2, 0.25) is 0 Å². The van der Waals surface area contributed by atoms with E-state index < -0.39 is 5.92 Å². The van der Waals surface area contributed by atoms with Gasteiger partial charge in [0.1, 0.15) is 18.1 Å². The molecule has 0 aromatic heterocycles. The Morgan fingerprint density at radius 1 is 1.16 bits per heavy atom. The molecule has 3 nitrogen and oxygen atoms in total. The Bertz CT molecular complexity index is 791. The molecular formula is C18H15BrCl3NO2. The molecule has 0 heterocycles. The lowest BCUT2D eigenvalue weighted by atomic mass is 9.94. The third-order valence-corrected chi connectivity index (χ3v) is 5.24. The van der Waals surface area contributed by atoms with Crippen molar-refractivity contribution < 1.29 is 9.53 Å². The van der Waals surface area contributed by atoms with E-state index in [2.05, 4.69) is 15.9 Å². The van der Waals surface area contributed by atoms with Crippen LogP contribution < -0.4 is 4.74 Å². The van der Waals surface area contributed by atoms with Crippen molar-refractivity contribution >= 4 is 62.2 Å². The second kappa shape index (κ2) is 9.04. The minimum atomic E-state index is -0.785. The van der Waals surface area contributed by atoms with Crippen molar-refractivity contribution in [3.05, 3.63) is 62.6 Å². The zero-order chi connectivity index (χ0) is 18.6. The second-order valence-corrected chi connectivity index (χ2v) is 7.15. The van der Waals surface area contributed by atoms with Gasteiger partial charge in [-0.3, -0.25) is 4.79 Å². The molecular weight excluding hydrogens is 448 g/mol. The van der Waals surface area contributed by atoms with Crippen LogP contribution in [0, 0.1) is 11.3 Å². The van der Waals surface area contributed by atoms with Gasteiger partial charge in [-0.1, -0.05) is 62.9 Å². The standard InChI is InChI=1S/C18H15BrCl3NO2/c1-10(24)13(18(23)17-14(20)3-2-4-15(17)21)9-25-12-6-5-11(8-19)16(22)7-12/h2-7,13,23H,8-9H2,1H3. The Balaban J connectivity index is 2.20. The van der Waals surface area contributed by atoms with E-state index in [4.69, 9.17) is 44.9 Å². The van der Waals surface area contributed by atoms with Gasteiger partial charge in [-0.05, 0) is 36.8 Å². The number of rotatable bonds is 7. The maximum absolute atomic E-state index is 12.0. The first-order chi connectivity index (χ1) is 11.8. The number of alkyl halides is 1. The molecule has 25 heavy (non-hydrogen) atoms. The number of hydrogen-bond acceptors (Lipinski definition) is 3. The molecule has 0 fully saturated rings. The monoisotopic (exact) mass is 461 g/mol. The van der Waals surface area contributed by atoms with Gasteiger partial charge in [-0.2, -0.15) is 0 Å². The summed E-state index contributed by atoms with van der Waals surface area (Å²) in [6.45, 7) is 1.41. The highest BCUT2D eigenvalue weighted by Gasteiger charge is 2.25. The van der Waals surface area contributed by atoms with Crippen molar-refractivity contribution in [2.24, 2.45) is 5.92 Å². The van der Waals surface area contributed by atoms with Crippen LogP contribution in [0.3, 0.4) is 0 Å². The first kappa shape index (κ1) is 20.2. The average molecular weight is 464 g/mol. The maximum atomic E-state index is 12.0. The molecule has 0 radical (unpaired) electrons. The largest absolute Gasteiger partial charge is 0.492 e. The highest BCUT2D eigenvalue weighted by molar-refractivity contribution is 9.08. The van der Waals surface area contributed by atoms with Gasteiger partial charge >= 0.3 is 0 Å². The minimum Gasteiger partial charge on any atom is -0.492 e. The van der Waals surface area contributed by atoms with Crippen LogP contribution >= 0.6 is 50.7 Å². The predicted octanol–water partition coefficient (Wildman–Crippen LogP) is 6.19. The molecule has 0 saturated carbocycles. The third kappa shape index (κ3) is 4.98. The smallest absolute Gasteiger partial charge is 0.142 e. The molecule has 0 aliphatic carbocycles. The Hall–Kier alpha value is -1.07. The van der Waals surface area contributed by atoms with Crippen molar-refractivity contribution in [1.29, 1.82) is 5.41 Å². The zero-order valence-corrected chi connectivity index (χ0v) is 17.1. The number of nitrogens with one attached hydrogen (secondary N) is 1. The van der Waals surface area contributed by atoms with E-state index in [9.17, 15) is 4.79 Å². The summed E-state index contributed by atoms with van der Waals surface area (Å²) in [6, 6.07) is 10.2. The Kier molecular flexibility index (Phi) is 7.32. The quantitative estimate of drug-likeness (QED) is 0.393. The highest BCUT2D eigenvalue weighted by Crippen LogP contribution is 2.28. The number of hydrogen-bond donors (Lipinski definition) is 1. The van der Waals surface area contributed by atoms with E-state index in [1.165, 1.54) is 6.92 Å². The molecule has 1 unspecified atom stereocenters. The van der Waals surface area contributed by atoms with E-state index >= 15 is 0 Å². The molecule has 132 valence electrons. The second-order valence-electron chi connectivity index (χ2n) is 5.37. The molecule has 0 aliphatic heterocycles. The molecule has 2 aromatic rings. The first-order valence-corrected chi connectivity index (χ1v) is 9.61. The molecule has 7 heteroatoms. The van der Waals surface area contributed by atoms with E-state index in [0.29, 0.717) is 31.7 Å².